The van der Waals surface area contributed by atoms with Crippen LogP contribution in [0.3, 0.4) is 0 Å². The largest absolute Gasteiger partial charge is 0.480 e. The average Bonchev–Trinajstić information content (AvgIpc) is 2.85. The smallest absolute Gasteiger partial charge is 0.407 e. The number of halogens is 2. The number of nitrogens with one attached hydrogen (secondary N) is 2. The number of thioether (sulfide) groups is 1. The fourth-order valence-electron chi connectivity index (χ4n) is 3.38. The zero-order valence-corrected chi connectivity index (χ0v) is 21.8. The van der Waals surface area contributed by atoms with E-state index < -0.39 is 29.9 Å². The molecule has 1 heterocycles. The zero-order chi connectivity index (χ0) is 26.0. The van der Waals surface area contributed by atoms with Crippen molar-refractivity contribution in [3.8, 4) is 0 Å². The van der Waals surface area contributed by atoms with E-state index in [1.165, 1.54) is 17.8 Å². The summed E-state index contributed by atoms with van der Waals surface area (Å²) in [7, 11) is 0. The van der Waals surface area contributed by atoms with E-state index >= 15 is 0 Å². The Balaban J connectivity index is 1.86. The third-order valence-corrected chi connectivity index (χ3v) is 7.17. The highest BCUT2D eigenvalue weighted by atomic mass is 35.5. The van der Waals surface area contributed by atoms with Crippen molar-refractivity contribution >= 4 is 64.9 Å². The van der Waals surface area contributed by atoms with E-state index in [2.05, 4.69) is 10.6 Å². The molecule has 9 nitrogen and oxygen atoms in total. The summed E-state index contributed by atoms with van der Waals surface area (Å²) >= 11 is 14.0. The van der Waals surface area contributed by atoms with Gasteiger partial charge in [0.1, 0.15) is 6.04 Å². The summed E-state index contributed by atoms with van der Waals surface area (Å²) < 4.78 is 4.83. The van der Waals surface area contributed by atoms with E-state index in [1.54, 1.807) is 17.0 Å². The van der Waals surface area contributed by atoms with Crippen LogP contribution in [0, 0.1) is 5.92 Å². The van der Waals surface area contributed by atoms with E-state index in [0.29, 0.717) is 48.0 Å². The molecule has 3 N–H and O–H groups in total. The third-order valence-electron chi connectivity index (χ3n) is 5.38. The van der Waals surface area contributed by atoms with Gasteiger partial charge in [0.25, 0.3) is 0 Å². The Morgan fingerprint density at radius 1 is 1.23 bits per heavy atom. The quantitative estimate of drug-likeness (QED) is 0.302. The van der Waals surface area contributed by atoms with Gasteiger partial charge in [-0.2, -0.15) is 0 Å². The molecule has 1 atom stereocenters. The monoisotopic (exact) mass is 545 g/mol. The van der Waals surface area contributed by atoms with Crippen LogP contribution in [0.2, 0.25) is 10.0 Å². The highest BCUT2D eigenvalue weighted by Crippen LogP contribution is 2.35. The van der Waals surface area contributed by atoms with E-state index in [-0.39, 0.29) is 19.1 Å². The summed E-state index contributed by atoms with van der Waals surface area (Å²) in [5.41, 5.74) is 0.629. The van der Waals surface area contributed by atoms with Crippen molar-refractivity contribution in [2.75, 3.05) is 32.5 Å². The molecule has 1 saturated heterocycles. The number of rotatable bonds is 10. The minimum Gasteiger partial charge on any atom is -0.480 e. The lowest BCUT2D eigenvalue weighted by molar-refractivity contribution is -0.142. The lowest BCUT2D eigenvalue weighted by atomic mass is 9.95. The van der Waals surface area contributed by atoms with Crippen LogP contribution in [0.25, 0.3) is 6.08 Å². The Morgan fingerprint density at radius 2 is 1.91 bits per heavy atom. The van der Waals surface area contributed by atoms with Gasteiger partial charge in [-0.05, 0) is 43.2 Å². The van der Waals surface area contributed by atoms with Gasteiger partial charge in [0.15, 0.2) is 0 Å². The van der Waals surface area contributed by atoms with Crippen LogP contribution < -0.4 is 10.6 Å². The molecule has 3 amide bonds. The fourth-order valence-corrected chi connectivity index (χ4v) is 4.56. The van der Waals surface area contributed by atoms with Crippen molar-refractivity contribution in [1.29, 1.82) is 0 Å². The minimum absolute atomic E-state index is 0.216. The second-order valence-electron chi connectivity index (χ2n) is 7.83. The molecule has 1 fully saturated rings. The summed E-state index contributed by atoms with van der Waals surface area (Å²) in [5.74, 6) is -2.36. The number of likely N-dealkylation sites (tertiary alicyclic amines) is 1. The van der Waals surface area contributed by atoms with E-state index in [0.717, 1.165) is 4.90 Å². The molecular weight excluding hydrogens is 517 g/mol. The van der Waals surface area contributed by atoms with Gasteiger partial charge in [0.2, 0.25) is 11.8 Å². The first-order valence-corrected chi connectivity index (χ1v) is 13.1. The van der Waals surface area contributed by atoms with Crippen LogP contribution in [0.5, 0.6) is 0 Å². The number of carboxylic acids is 1. The summed E-state index contributed by atoms with van der Waals surface area (Å²) in [5, 5.41) is 15.0. The highest BCUT2D eigenvalue weighted by molar-refractivity contribution is 7.98. The lowest BCUT2D eigenvalue weighted by Gasteiger charge is -2.31. The Morgan fingerprint density at radius 3 is 2.51 bits per heavy atom. The van der Waals surface area contributed by atoms with Crippen molar-refractivity contribution in [2.24, 2.45) is 5.92 Å². The first kappa shape index (κ1) is 28.8. The summed E-state index contributed by atoms with van der Waals surface area (Å²) in [6.07, 6.45) is 5.59. The van der Waals surface area contributed by atoms with Gasteiger partial charge in [-0.1, -0.05) is 36.2 Å². The molecule has 12 heteroatoms. The number of alkyl carbamates (subject to hydrolysis) is 1. The molecule has 35 heavy (non-hydrogen) atoms. The third kappa shape index (κ3) is 8.63. The van der Waals surface area contributed by atoms with Gasteiger partial charge in [0, 0.05) is 30.0 Å². The van der Waals surface area contributed by atoms with Crippen LogP contribution >= 0.6 is 35.0 Å². The van der Waals surface area contributed by atoms with E-state index in [1.807, 2.05) is 19.2 Å². The molecule has 0 unspecified atom stereocenters. The molecule has 2 rings (SSSR count). The van der Waals surface area contributed by atoms with Crippen LogP contribution in [-0.4, -0.2) is 72.4 Å². The Hall–Kier alpha value is -2.43. The van der Waals surface area contributed by atoms with E-state index in [9.17, 15) is 24.3 Å². The molecule has 0 aliphatic carbocycles. The topological polar surface area (TPSA) is 125 Å². The highest BCUT2D eigenvalue weighted by Gasteiger charge is 2.30. The van der Waals surface area contributed by atoms with Crippen LogP contribution in [0.1, 0.15) is 31.7 Å². The molecule has 0 aromatic heterocycles. The standard InChI is InChI=1S/C23H29Cl2N3O6S/c1-3-12-34-23(33)26-13-16(22(31)32)27-21(30)15-8-10-28(11-9-15)18(29)7-5-14-4-6-17(35-2)20(25)19(14)24/h4-7,15-16H,3,8-13H2,1-2H3,(H,26,33)(H,27,30)(H,31,32)/t16-/m0/s1. The summed E-state index contributed by atoms with van der Waals surface area (Å²) in [6.45, 7) is 2.45. The Bertz CT molecular complexity index is 967. The first-order valence-electron chi connectivity index (χ1n) is 11.1. The minimum atomic E-state index is -1.28. The molecule has 1 aromatic rings. The number of piperidine rings is 1. The predicted octanol–water partition coefficient (Wildman–Crippen LogP) is 3.67. The van der Waals surface area contributed by atoms with Crippen molar-refractivity contribution < 1.29 is 29.0 Å². The van der Waals surface area contributed by atoms with Crippen molar-refractivity contribution in [1.82, 2.24) is 15.5 Å². The van der Waals surface area contributed by atoms with Crippen LogP contribution in [0.4, 0.5) is 4.79 Å². The number of amides is 3. The summed E-state index contributed by atoms with van der Waals surface area (Å²) in [6, 6.07) is 2.34. The number of nitrogens with zero attached hydrogens (tertiary/aromatic N) is 1. The fraction of sp³-hybridized carbons (Fsp3) is 0.478. The number of hydrogen-bond donors (Lipinski definition) is 3. The lowest BCUT2D eigenvalue weighted by Crippen LogP contribution is -2.51. The number of hydrogen-bond acceptors (Lipinski definition) is 6. The number of carboxylic acid groups (broad SMARTS) is 1. The van der Waals surface area contributed by atoms with Gasteiger partial charge in [-0.3, -0.25) is 9.59 Å². The zero-order valence-electron chi connectivity index (χ0n) is 19.5. The molecule has 1 aliphatic heterocycles. The van der Waals surface area contributed by atoms with Crippen molar-refractivity contribution in [3.05, 3.63) is 33.8 Å². The molecule has 0 saturated carbocycles. The second kappa shape index (κ2) is 14.2. The first-order chi connectivity index (χ1) is 16.7. The molecule has 0 bridgehead atoms. The van der Waals surface area contributed by atoms with Gasteiger partial charge >= 0.3 is 12.1 Å². The number of ether oxygens (including phenoxy) is 1. The van der Waals surface area contributed by atoms with Gasteiger partial charge in [-0.25, -0.2) is 9.59 Å². The maximum Gasteiger partial charge on any atom is 0.407 e. The molecule has 1 aliphatic rings. The van der Waals surface area contributed by atoms with Crippen molar-refractivity contribution in [2.45, 2.75) is 37.1 Å². The number of carbonyl (C=O) groups excluding carboxylic acids is 3. The molecule has 1 aromatic carbocycles. The van der Waals surface area contributed by atoms with Gasteiger partial charge < -0.3 is 25.4 Å². The number of benzene rings is 1. The molecule has 0 spiro atoms. The van der Waals surface area contributed by atoms with Crippen LogP contribution in [0.15, 0.2) is 23.1 Å². The van der Waals surface area contributed by atoms with Gasteiger partial charge in [-0.15, -0.1) is 11.8 Å². The second-order valence-corrected chi connectivity index (χ2v) is 9.44. The number of carbonyl (C=O) groups is 4. The molecule has 192 valence electrons. The number of aliphatic carboxylic acids is 1. The van der Waals surface area contributed by atoms with E-state index in [4.69, 9.17) is 27.9 Å². The van der Waals surface area contributed by atoms with Crippen LogP contribution in [-0.2, 0) is 19.1 Å². The average molecular weight is 546 g/mol. The van der Waals surface area contributed by atoms with Gasteiger partial charge in [0.05, 0.1) is 23.2 Å². The Labute approximate surface area is 218 Å². The maximum absolute atomic E-state index is 12.6. The van der Waals surface area contributed by atoms with Crippen molar-refractivity contribution in [3.63, 3.8) is 0 Å². The summed E-state index contributed by atoms with van der Waals surface area (Å²) in [4.78, 5) is 50.6. The molecular formula is C23H29Cl2N3O6S. The SMILES string of the molecule is CCCOC(=O)NC[C@H](NC(=O)C1CCN(C(=O)C=Cc2ccc(SC)c(Cl)c2Cl)CC1)C(=O)O. The normalized spacial score (nSPS) is 15.0. The molecule has 0 radical (unpaired) electrons. The maximum atomic E-state index is 12.6. The Kier molecular flexibility index (Phi) is 11.7. The predicted molar refractivity (Wildman–Crippen MR) is 136 cm³/mol.